The fraction of sp³-hybridized carbons (Fsp3) is 0.111. The molecule has 3 rings (SSSR count). The summed E-state index contributed by atoms with van der Waals surface area (Å²) in [6.07, 6.45) is 2.56. The van der Waals surface area contributed by atoms with Crippen LogP contribution in [0.25, 0.3) is 0 Å². The van der Waals surface area contributed by atoms with Crippen LogP contribution in [0.1, 0.15) is 20.7 Å². The number of rotatable bonds is 8. The first-order valence-corrected chi connectivity index (χ1v) is 15.5. The third-order valence-corrected chi connectivity index (χ3v) is 9.09. The molecule has 4 nitrogen and oxygen atoms in total. The lowest BCUT2D eigenvalue weighted by molar-refractivity contribution is 0.103. The number of hydrogen-bond acceptors (Lipinski definition) is 4. The predicted octanol–water partition coefficient (Wildman–Crippen LogP) is 5.91. The number of carbonyl (C=O) groups is 2. The van der Waals surface area contributed by atoms with Gasteiger partial charge in [0.2, 0.25) is 9.84 Å². The smallest absolute Gasteiger partial charge is 0.206 e. The Bertz CT molecular complexity index is 1300. The van der Waals surface area contributed by atoms with Gasteiger partial charge in [-0.2, -0.15) is 0 Å². The summed E-state index contributed by atoms with van der Waals surface area (Å²) in [7, 11) is -6.48. The molecule has 0 heterocycles. The van der Waals surface area contributed by atoms with Crippen molar-refractivity contribution in [1.82, 2.24) is 0 Å². The zero-order valence-corrected chi connectivity index (χ0v) is 20.7. The van der Waals surface area contributed by atoms with E-state index in [1.807, 2.05) is 25.7 Å². The van der Waals surface area contributed by atoms with Crippen molar-refractivity contribution in [2.24, 2.45) is 0 Å². The van der Waals surface area contributed by atoms with Crippen molar-refractivity contribution in [2.75, 3.05) is 0 Å². The van der Waals surface area contributed by atoms with Gasteiger partial charge in [0.1, 0.15) is 0 Å². The van der Waals surface area contributed by atoms with Crippen LogP contribution < -0.4 is 0 Å². The van der Waals surface area contributed by atoms with Crippen LogP contribution in [0.3, 0.4) is 0 Å². The highest BCUT2D eigenvalue weighted by molar-refractivity contribution is 7.95. The Hall–Kier alpha value is -3.35. The van der Waals surface area contributed by atoms with Crippen LogP contribution in [0.2, 0.25) is 19.6 Å². The van der Waals surface area contributed by atoms with Gasteiger partial charge < -0.3 is 0 Å². The largest absolute Gasteiger partial charge is 0.289 e. The van der Waals surface area contributed by atoms with E-state index in [1.54, 1.807) is 72.8 Å². The molecule has 0 radical (unpaired) electrons. The zero-order valence-electron chi connectivity index (χ0n) is 18.9. The molecule has 0 fully saturated rings. The summed E-state index contributed by atoms with van der Waals surface area (Å²) in [5.41, 5.74) is 0.835. The standard InChI is InChI=1S/C27H26O4SSi/c1-33(2,3)27(20-25(29)22-15-9-5-10-16-22)26(19-24(28)21-13-7-4-8-14-21)32(30,31)23-17-11-6-12-18-23/h4-20H,1-3H3/b26-19+,27-20-. The second-order valence-electron chi connectivity index (χ2n) is 8.59. The van der Waals surface area contributed by atoms with Gasteiger partial charge >= 0.3 is 0 Å². The molecule has 0 bridgehead atoms. The van der Waals surface area contributed by atoms with Gasteiger partial charge in [-0.25, -0.2) is 8.42 Å². The third-order valence-electron chi connectivity index (χ3n) is 5.07. The Kier molecular flexibility index (Phi) is 7.41. The Morgan fingerprint density at radius 2 is 1.03 bits per heavy atom. The quantitative estimate of drug-likeness (QED) is 0.176. The summed E-state index contributed by atoms with van der Waals surface area (Å²) in [6, 6.07) is 25.2. The van der Waals surface area contributed by atoms with Crippen LogP contribution in [0.15, 0.2) is 118 Å². The molecule has 3 aromatic rings. The molecular formula is C27H26O4SSi. The SMILES string of the molecule is C[Si](C)(C)C(=C\C(=O)c1ccccc1)/C(=C\C(=O)c1ccccc1)S(=O)(=O)c1ccccc1. The molecule has 0 aliphatic carbocycles. The maximum absolute atomic E-state index is 13.8. The molecule has 33 heavy (non-hydrogen) atoms. The van der Waals surface area contributed by atoms with E-state index in [4.69, 9.17) is 0 Å². The normalized spacial score (nSPS) is 12.9. The Morgan fingerprint density at radius 1 is 0.636 bits per heavy atom. The fourth-order valence-corrected chi connectivity index (χ4v) is 7.38. The van der Waals surface area contributed by atoms with Gasteiger partial charge in [-0.15, -0.1) is 0 Å². The Morgan fingerprint density at radius 3 is 1.45 bits per heavy atom. The lowest BCUT2D eigenvalue weighted by atomic mass is 10.1. The molecule has 3 aromatic carbocycles. The number of ketones is 2. The molecule has 0 unspecified atom stereocenters. The first kappa shape index (κ1) is 24.3. The molecule has 0 aliphatic rings. The molecule has 6 heteroatoms. The molecule has 0 N–H and O–H groups in total. The minimum absolute atomic E-state index is 0.0772. The van der Waals surface area contributed by atoms with E-state index < -0.39 is 23.7 Å². The van der Waals surface area contributed by atoms with Crippen LogP contribution in [0.5, 0.6) is 0 Å². The van der Waals surface area contributed by atoms with Crippen molar-refractivity contribution in [3.05, 3.63) is 124 Å². The lowest BCUT2D eigenvalue weighted by Crippen LogP contribution is -2.29. The van der Waals surface area contributed by atoms with Crippen molar-refractivity contribution >= 4 is 29.5 Å². The molecule has 0 saturated carbocycles. The van der Waals surface area contributed by atoms with Gasteiger partial charge in [0, 0.05) is 17.2 Å². The van der Waals surface area contributed by atoms with E-state index in [1.165, 1.54) is 24.3 Å². The predicted molar refractivity (Wildman–Crippen MR) is 135 cm³/mol. The topological polar surface area (TPSA) is 68.3 Å². The van der Waals surface area contributed by atoms with Gasteiger partial charge in [-0.3, -0.25) is 9.59 Å². The molecule has 0 aliphatic heterocycles. The maximum atomic E-state index is 13.8. The second-order valence-corrected chi connectivity index (χ2v) is 15.6. The van der Waals surface area contributed by atoms with Gasteiger partial charge in [0.25, 0.3) is 0 Å². The van der Waals surface area contributed by atoms with Crippen molar-refractivity contribution in [3.63, 3.8) is 0 Å². The van der Waals surface area contributed by atoms with Crippen LogP contribution in [0, 0.1) is 0 Å². The lowest BCUT2D eigenvalue weighted by Gasteiger charge is -2.24. The van der Waals surface area contributed by atoms with E-state index in [0.717, 1.165) is 0 Å². The molecular weight excluding hydrogens is 448 g/mol. The maximum Gasteiger partial charge on any atom is 0.206 e. The van der Waals surface area contributed by atoms with E-state index in [-0.39, 0.29) is 15.6 Å². The molecule has 0 atom stereocenters. The third kappa shape index (κ3) is 5.91. The molecule has 0 saturated heterocycles. The highest BCUT2D eigenvalue weighted by Gasteiger charge is 2.33. The zero-order chi connectivity index (χ0) is 24.1. The van der Waals surface area contributed by atoms with Crippen LogP contribution >= 0.6 is 0 Å². The first-order chi connectivity index (χ1) is 15.6. The first-order valence-electron chi connectivity index (χ1n) is 10.5. The highest BCUT2D eigenvalue weighted by atomic mass is 32.2. The number of carbonyl (C=O) groups excluding carboxylic acids is 2. The van der Waals surface area contributed by atoms with Gasteiger partial charge in [-0.1, -0.05) is 98.5 Å². The van der Waals surface area contributed by atoms with E-state index >= 15 is 0 Å². The molecule has 0 spiro atoms. The second kappa shape index (κ2) is 10.1. The molecule has 0 amide bonds. The van der Waals surface area contributed by atoms with Crippen molar-refractivity contribution in [2.45, 2.75) is 24.5 Å². The number of benzene rings is 3. The van der Waals surface area contributed by atoms with Gasteiger partial charge in [0.05, 0.1) is 17.9 Å². The van der Waals surface area contributed by atoms with Crippen LogP contribution in [-0.4, -0.2) is 28.1 Å². The summed E-state index contributed by atoms with van der Waals surface area (Å²) >= 11 is 0. The number of hydrogen-bond donors (Lipinski definition) is 0. The average Bonchev–Trinajstić information content (AvgIpc) is 2.82. The van der Waals surface area contributed by atoms with E-state index in [2.05, 4.69) is 0 Å². The summed E-state index contributed by atoms with van der Waals surface area (Å²) < 4.78 is 27.5. The van der Waals surface area contributed by atoms with Crippen LogP contribution in [-0.2, 0) is 9.84 Å². The Labute approximate surface area is 196 Å². The van der Waals surface area contributed by atoms with E-state index in [0.29, 0.717) is 16.3 Å². The minimum atomic E-state index is -4.06. The van der Waals surface area contributed by atoms with E-state index in [9.17, 15) is 18.0 Å². The fourth-order valence-electron chi connectivity index (χ4n) is 3.31. The summed E-state index contributed by atoms with van der Waals surface area (Å²) in [5, 5.41) is 0.407. The van der Waals surface area contributed by atoms with Gasteiger partial charge in [-0.05, 0) is 23.4 Å². The van der Waals surface area contributed by atoms with Gasteiger partial charge in [0.15, 0.2) is 11.6 Å². The molecule has 0 aromatic heterocycles. The number of sulfone groups is 1. The minimum Gasteiger partial charge on any atom is -0.289 e. The van der Waals surface area contributed by atoms with Crippen molar-refractivity contribution in [3.8, 4) is 0 Å². The molecule has 168 valence electrons. The summed E-state index contributed by atoms with van der Waals surface area (Å²) in [5.74, 6) is -0.726. The monoisotopic (exact) mass is 474 g/mol. The van der Waals surface area contributed by atoms with Crippen LogP contribution in [0.4, 0.5) is 0 Å². The summed E-state index contributed by atoms with van der Waals surface area (Å²) in [6.45, 7) is 5.87. The van der Waals surface area contributed by atoms with Crippen molar-refractivity contribution < 1.29 is 18.0 Å². The summed E-state index contributed by atoms with van der Waals surface area (Å²) in [4.78, 5) is 26.1. The average molecular weight is 475 g/mol. The highest BCUT2D eigenvalue weighted by Crippen LogP contribution is 2.32. The van der Waals surface area contributed by atoms with Crippen molar-refractivity contribution in [1.29, 1.82) is 0 Å². The number of allylic oxidation sites excluding steroid dienone is 3. The Balaban J connectivity index is 2.25.